The summed E-state index contributed by atoms with van der Waals surface area (Å²) in [6.07, 6.45) is 1.30. The van der Waals surface area contributed by atoms with Crippen LogP contribution < -0.4 is 5.59 Å². The minimum Gasteiger partial charge on any atom is -0.422 e. The molecule has 0 bridgehead atoms. The third kappa shape index (κ3) is 2.58. The van der Waals surface area contributed by atoms with Crippen LogP contribution >= 0.6 is 0 Å². The number of rotatable bonds is 3. The Labute approximate surface area is 93.9 Å². The molecule has 0 radical (unpaired) electrons. The van der Waals surface area contributed by atoms with Crippen molar-refractivity contribution in [2.75, 3.05) is 13.1 Å². The SMILES string of the molecule is OB(O)c1ncccc1CN1CCC(F)C1. The number of hydrogen-bond donors (Lipinski definition) is 2. The molecule has 1 aromatic heterocycles. The van der Waals surface area contributed by atoms with Gasteiger partial charge in [0.1, 0.15) is 6.17 Å². The fourth-order valence-electron chi connectivity index (χ4n) is 1.99. The van der Waals surface area contributed by atoms with Crippen molar-refractivity contribution in [1.82, 2.24) is 9.88 Å². The average molecular weight is 224 g/mol. The first-order valence-corrected chi connectivity index (χ1v) is 5.33. The van der Waals surface area contributed by atoms with E-state index in [9.17, 15) is 4.39 Å². The van der Waals surface area contributed by atoms with Gasteiger partial charge in [-0.2, -0.15) is 0 Å². The lowest BCUT2D eigenvalue weighted by Crippen LogP contribution is -2.37. The van der Waals surface area contributed by atoms with Gasteiger partial charge in [-0.15, -0.1) is 0 Å². The van der Waals surface area contributed by atoms with Crippen molar-refractivity contribution < 1.29 is 14.4 Å². The Hall–Kier alpha value is -0.975. The fraction of sp³-hybridized carbons (Fsp3) is 0.500. The van der Waals surface area contributed by atoms with E-state index in [2.05, 4.69) is 4.98 Å². The molecule has 2 rings (SSSR count). The summed E-state index contributed by atoms with van der Waals surface area (Å²) in [4.78, 5) is 5.87. The largest absolute Gasteiger partial charge is 0.508 e. The predicted molar refractivity (Wildman–Crippen MR) is 58.9 cm³/mol. The highest BCUT2D eigenvalue weighted by Crippen LogP contribution is 2.14. The summed E-state index contributed by atoms with van der Waals surface area (Å²) in [5.41, 5.74) is 0.997. The van der Waals surface area contributed by atoms with Crippen molar-refractivity contribution in [2.45, 2.75) is 19.1 Å². The summed E-state index contributed by atoms with van der Waals surface area (Å²) in [5, 5.41) is 18.3. The zero-order chi connectivity index (χ0) is 11.5. The van der Waals surface area contributed by atoms with Crippen molar-refractivity contribution >= 4 is 12.7 Å². The van der Waals surface area contributed by atoms with Crippen LogP contribution in [-0.4, -0.2) is 46.3 Å². The molecule has 0 saturated carbocycles. The molecule has 1 aromatic rings. The van der Waals surface area contributed by atoms with Crippen LogP contribution in [0.3, 0.4) is 0 Å². The maximum Gasteiger partial charge on any atom is 0.508 e. The smallest absolute Gasteiger partial charge is 0.422 e. The van der Waals surface area contributed by atoms with Crippen LogP contribution in [0.2, 0.25) is 0 Å². The molecule has 0 spiro atoms. The minimum atomic E-state index is -1.57. The van der Waals surface area contributed by atoms with E-state index in [1.807, 2.05) is 4.90 Å². The zero-order valence-corrected chi connectivity index (χ0v) is 8.88. The molecule has 1 saturated heterocycles. The lowest BCUT2D eigenvalue weighted by Gasteiger charge is -2.16. The van der Waals surface area contributed by atoms with Gasteiger partial charge in [-0.1, -0.05) is 6.07 Å². The van der Waals surface area contributed by atoms with E-state index < -0.39 is 13.3 Å². The van der Waals surface area contributed by atoms with E-state index in [1.54, 1.807) is 12.1 Å². The molecule has 1 unspecified atom stereocenters. The Bertz CT molecular complexity index is 364. The second-order valence-corrected chi connectivity index (χ2v) is 4.04. The highest BCUT2D eigenvalue weighted by atomic mass is 19.1. The fourth-order valence-corrected chi connectivity index (χ4v) is 1.99. The summed E-state index contributed by atoms with van der Waals surface area (Å²) in [5.74, 6) is 0. The van der Waals surface area contributed by atoms with Crippen molar-refractivity contribution in [3.63, 3.8) is 0 Å². The Morgan fingerprint density at radius 2 is 2.38 bits per heavy atom. The molecule has 86 valence electrons. The summed E-state index contributed by atoms with van der Waals surface area (Å²) in [6, 6.07) is 3.53. The van der Waals surface area contributed by atoms with E-state index in [4.69, 9.17) is 10.0 Å². The zero-order valence-electron chi connectivity index (χ0n) is 8.88. The van der Waals surface area contributed by atoms with Gasteiger partial charge in [-0.05, 0) is 18.1 Å². The molecule has 16 heavy (non-hydrogen) atoms. The second-order valence-electron chi connectivity index (χ2n) is 4.04. The third-order valence-corrected chi connectivity index (χ3v) is 2.78. The van der Waals surface area contributed by atoms with Gasteiger partial charge in [0.25, 0.3) is 0 Å². The Morgan fingerprint density at radius 3 is 3.00 bits per heavy atom. The first-order chi connectivity index (χ1) is 7.66. The number of alkyl halides is 1. The molecule has 2 heterocycles. The topological polar surface area (TPSA) is 56.6 Å². The van der Waals surface area contributed by atoms with Crippen molar-refractivity contribution in [1.29, 1.82) is 0 Å². The van der Waals surface area contributed by atoms with Crippen molar-refractivity contribution in [3.05, 3.63) is 23.9 Å². The quantitative estimate of drug-likeness (QED) is 0.667. The molecule has 0 amide bonds. The Balaban J connectivity index is 2.09. The molecule has 2 N–H and O–H groups in total. The number of hydrogen-bond acceptors (Lipinski definition) is 4. The number of likely N-dealkylation sites (tertiary alicyclic amines) is 1. The van der Waals surface area contributed by atoms with Gasteiger partial charge in [-0.3, -0.25) is 9.88 Å². The standard InChI is InChI=1S/C10H14BFN2O2/c12-9-3-5-14(7-9)6-8-2-1-4-13-10(8)11(15)16/h1-2,4,9,15-16H,3,5-7H2. The first kappa shape index (κ1) is 11.5. The lowest BCUT2D eigenvalue weighted by molar-refractivity contribution is 0.282. The van der Waals surface area contributed by atoms with E-state index in [0.717, 1.165) is 5.56 Å². The van der Waals surface area contributed by atoms with Gasteiger partial charge in [0.15, 0.2) is 0 Å². The number of halogens is 1. The molecule has 0 aromatic carbocycles. The predicted octanol–water partition coefficient (Wildman–Crippen LogP) is -0.695. The highest BCUT2D eigenvalue weighted by molar-refractivity contribution is 6.58. The molecule has 1 aliphatic rings. The van der Waals surface area contributed by atoms with Crippen LogP contribution in [0, 0.1) is 0 Å². The molecule has 6 heteroatoms. The van der Waals surface area contributed by atoms with Crippen LogP contribution in [-0.2, 0) is 6.54 Å². The summed E-state index contributed by atoms with van der Waals surface area (Å²) in [7, 11) is -1.57. The first-order valence-electron chi connectivity index (χ1n) is 5.33. The van der Waals surface area contributed by atoms with E-state index in [0.29, 0.717) is 26.1 Å². The third-order valence-electron chi connectivity index (χ3n) is 2.78. The van der Waals surface area contributed by atoms with Gasteiger partial charge in [0.2, 0.25) is 0 Å². The van der Waals surface area contributed by atoms with Crippen LogP contribution in [0.1, 0.15) is 12.0 Å². The normalized spacial score (nSPS) is 21.3. The van der Waals surface area contributed by atoms with E-state index >= 15 is 0 Å². The molecular formula is C10H14BFN2O2. The van der Waals surface area contributed by atoms with Crippen LogP contribution in [0.25, 0.3) is 0 Å². The van der Waals surface area contributed by atoms with E-state index in [1.165, 1.54) is 6.20 Å². The average Bonchev–Trinajstić information content (AvgIpc) is 2.64. The van der Waals surface area contributed by atoms with Crippen LogP contribution in [0.4, 0.5) is 4.39 Å². The molecule has 4 nitrogen and oxygen atoms in total. The Morgan fingerprint density at radius 1 is 1.56 bits per heavy atom. The maximum atomic E-state index is 13.0. The molecular weight excluding hydrogens is 210 g/mol. The van der Waals surface area contributed by atoms with Crippen LogP contribution in [0.15, 0.2) is 18.3 Å². The number of nitrogens with zero attached hydrogens (tertiary/aromatic N) is 2. The maximum absolute atomic E-state index is 13.0. The second kappa shape index (κ2) is 4.90. The van der Waals surface area contributed by atoms with Gasteiger partial charge >= 0.3 is 7.12 Å². The Kier molecular flexibility index (Phi) is 3.53. The number of aromatic nitrogens is 1. The van der Waals surface area contributed by atoms with Gasteiger partial charge in [0.05, 0.1) is 5.59 Å². The summed E-state index contributed by atoms with van der Waals surface area (Å²) < 4.78 is 13.0. The van der Waals surface area contributed by atoms with Gasteiger partial charge in [0, 0.05) is 25.8 Å². The molecule has 1 aliphatic heterocycles. The van der Waals surface area contributed by atoms with Gasteiger partial charge in [-0.25, -0.2) is 4.39 Å². The van der Waals surface area contributed by atoms with Gasteiger partial charge < -0.3 is 10.0 Å². The summed E-state index contributed by atoms with van der Waals surface area (Å²) in [6.45, 7) is 1.63. The lowest BCUT2D eigenvalue weighted by atomic mass is 9.82. The summed E-state index contributed by atoms with van der Waals surface area (Å²) >= 11 is 0. The molecule has 1 atom stereocenters. The van der Waals surface area contributed by atoms with Crippen molar-refractivity contribution in [3.8, 4) is 0 Å². The molecule has 0 aliphatic carbocycles. The monoisotopic (exact) mass is 224 g/mol. The van der Waals surface area contributed by atoms with Crippen LogP contribution in [0.5, 0.6) is 0 Å². The van der Waals surface area contributed by atoms with Crippen molar-refractivity contribution in [2.24, 2.45) is 0 Å². The highest BCUT2D eigenvalue weighted by Gasteiger charge is 2.24. The minimum absolute atomic E-state index is 0.254. The number of pyridine rings is 1. The molecule has 1 fully saturated rings. The van der Waals surface area contributed by atoms with E-state index in [-0.39, 0.29) is 5.59 Å².